The van der Waals surface area contributed by atoms with Crippen LogP contribution in [0.3, 0.4) is 0 Å². The number of aromatic nitrogens is 1. The highest BCUT2D eigenvalue weighted by atomic mass is 32.1. The van der Waals surface area contributed by atoms with Crippen LogP contribution in [0.2, 0.25) is 0 Å². The van der Waals surface area contributed by atoms with Crippen LogP contribution in [-0.2, 0) is 14.3 Å². The van der Waals surface area contributed by atoms with Gasteiger partial charge in [-0.25, -0.2) is 4.98 Å². The Bertz CT molecular complexity index is 560. The summed E-state index contributed by atoms with van der Waals surface area (Å²) >= 11 is 1.65. The minimum absolute atomic E-state index is 0.00321. The van der Waals surface area contributed by atoms with E-state index in [0.29, 0.717) is 25.9 Å². The summed E-state index contributed by atoms with van der Waals surface area (Å²) in [6.45, 7) is 7.45. The molecule has 1 fully saturated rings. The summed E-state index contributed by atoms with van der Waals surface area (Å²) < 4.78 is 4.88. The number of hydrogen-bond acceptors (Lipinski definition) is 5. The fourth-order valence-electron chi connectivity index (χ4n) is 2.88. The smallest absolute Gasteiger partial charge is 0.248 e. The predicted octanol–water partition coefficient (Wildman–Crippen LogP) is 2.21. The van der Waals surface area contributed by atoms with Crippen molar-refractivity contribution in [2.24, 2.45) is 5.92 Å². The van der Waals surface area contributed by atoms with Crippen molar-refractivity contribution in [3.8, 4) is 0 Å². The number of methoxy groups -OCH3 is 1. The van der Waals surface area contributed by atoms with E-state index < -0.39 is 0 Å². The van der Waals surface area contributed by atoms with Crippen molar-refractivity contribution in [2.45, 2.75) is 46.1 Å². The number of carbonyl (C=O) groups excluding carboxylic acids is 2. The van der Waals surface area contributed by atoms with Crippen LogP contribution in [0.4, 0.5) is 0 Å². The zero-order chi connectivity index (χ0) is 17.7. The monoisotopic (exact) mass is 353 g/mol. The van der Waals surface area contributed by atoms with Crippen molar-refractivity contribution in [3.05, 3.63) is 15.6 Å². The van der Waals surface area contributed by atoms with Crippen LogP contribution >= 0.6 is 11.3 Å². The Kier molecular flexibility index (Phi) is 6.74. The maximum absolute atomic E-state index is 12.6. The lowest BCUT2D eigenvalue weighted by atomic mass is 9.95. The van der Waals surface area contributed by atoms with Crippen LogP contribution in [-0.4, -0.2) is 48.5 Å². The molecule has 0 spiro atoms. The summed E-state index contributed by atoms with van der Waals surface area (Å²) in [4.78, 5) is 31.9. The quantitative estimate of drug-likeness (QED) is 0.851. The second-order valence-electron chi connectivity index (χ2n) is 6.25. The van der Waals surface area contributed by atoms with Crippen LogP contribution in [0.25, 0.3) is 0 Å². The van der Waals surface area contributed by atoms with E-state index in [2.05, 4.69) is 24.1 Å². The predicted molar refractivity (Wildman–Crippen MR) is 93.9 cm³/mol. The molecule has 7 heteroatoms. The minimum Gasteiger partial charge on any atom is -0.375 e. The van der Waals surface area contributed by atoms with Crippen molar-refractivity contribution in [1.29, 1.82) is 0 Å². The molecular formula is C17H27N3O3S. The molecule has 1 N–H and O–H groups in total. The molecular weight excluding hydrogens is 326 g/mol. The summed E-state index contributed by atoms with van der Waals surface area (Å²) in [5, 5.41) is 4.12. The number of aryl methyl sites for hydroxylation is 2. The number of rotatable bonds is 6. The molecule has 0 unspecified atom stereocenters. The summed E-state index contributed by atoms with van der Waals surface area (Å²) in [6, 6.07) is -0.0250. The van der Waals surface area contributed by atoms with Crippen LogP contribution in [0.1, 0.15) is 47.8 Å². The fraction of sp³-hybridized carbons (Fsp3) is 0.706. The van der Waals surface area contributed by atoms with E-state index in [-0.39, 0.29) is 30.4 Å². The number of nitrogens with zero attached hydrogens (tertiary/aromatic N) is 2. The van der Waals surface area contributed by atoms with Gasteiger partial charge >= 0.3 is 0 Å². The number of likely N-dealkylation sites (tertiary alicyclic amines) is 1. The van der Waals surface area contributed by atoms with Gasteiger partial charge in [0.25, 0.3) is 0 Å². The normalized spacial score (nSPS) is 16.9. The van der Waals surface area contributed by atoms with Crippen molar-refractivity contribution in [3.63, 3.8) is 0 Å². The number of nitrogens with one attached hydrogen (secondary N) is 1. The average Bonchev–Trinajstić information content (AvgIpc) is 2.91. The van der Waals surface area contributed by atoms with Gasteiger partial charge in [-0.2, -0.15) is 0 Å². The van der Waals surface area contributed by atoms with E-state index in [1.807, 2.05) is 6.92 Å². The maximum atomic E-state index is 12.6. The van der Waals surface area contributed by atoms with Gasteiger partial charge in [0.2, 0.25) is 11.8 Å². The van der Waals surface area contributed by atoms with Gasteiger partial charge in [0.05, 0.1) is 11.7 Å². The average molecular weight is 353 g/mol. The Morgan fingerprint density at radius 1 is 1.38 bits per heavy atom. The molecule has 0 radical (unpaired) electrons. The third-order valence-corrected chi connectivity index (χ3v) is 5.74. The number of thiazole rings is 1. The number of ether oxygens (including phenoxy) is 1. The number of hydrogen-bond donors (Lipinski definition) is 1. The molecule has 0 saturated carbocycles. The van der Waals surface area contributed by atoms with Gasteiger partial charge < -0.3 is 15.0 Å². The molecule has 1 aliphatic rings. The van der Waals surface area contributed by atoms with Gasteiger partial charge in [-0.15, -0.1) is 11.3 Å². The molecule has 0 bridgehead atoms. The second kappa shape index (κ2) is 8.58. The molecule has 6 nitrogen and oxygen atoms in total. The first kappa shape index (κ1) is 18.9. The summed E-state index contributed by atoms with van der Waals surface area (Å²) in [5.74, 6) is 0.0375. The highest BCUT2D eigenvalue weighted by molar-refractivity contribution is 7.11. The zero-order valence-corrected chi connectivity index (χ0v) is 15.7. The molecule has 1 aliphatic heterocycles. The highest BCUT2D eigenvalue weighted by Crippen LogP contribution is 2.26. The Morgan fingerprint density at radius 3 is 2.54 bits per heavy atom. The molecule has 2 heterocycles. The minimum atomic E-state index is -0.0344. The van der Waals surface area contributed by atoms with Crippen LogP contribution in [0.15, 0.2) is 0 Å². The molecule has 24 heavy (non-hydrogen) atoms. The molecule has 1 aromatic heterocycles. The molecule has 0 aliphatic carbocycles. The number of carbonyl (C=O) groups is 2. The summed E-state index contributed by atoms with van der Waals surface area (Å²) in [7, 11) is 1.52. The first-order valence-corrected chi connectivity index (χ1v) is 9.28. The van der Waals surface area contributed by atoms with E-state index >= 15 is 0 Å². The van der Waals surface area contributed by atoms with Gasteiger partial charge in [-0.3, -0.25) is 9.59 Å². The van der Waals surface area contributed by atoms with Gasteiger partial charge in [0.15, 0.2) is 0 Å². The van der Waals surface area contributed by atoms with E-state index in [9.17, 15) is 9.59 Å². The molecule has 2 rings (SSSR count). The van der Waals surface area contributed by atoms with Crippen molar-refractivity contribution < 1.29 is 14.3 Å². The van der Waals surface area contributed by atoms with Crippen molar-refractivity contribution >= 4 is 23.2 Å². The standard InChI is InChI=1S/C17H27N3O3S/c1-5-14(17-18-11(2)12(3)24-17)19-16(22)13-6-8-20(9-7-13)15(21)10-23-4/h13-14H,5-10H2,1-4H3,(H,19,22)/t14-/m1/s1. The molecule has 2 amide bonds. The molecule has 134 valence electrons. The Hall–Kier alpha value is -1.47. The highest BCUT2D eigenvalue weighted by Gasteiger charge is 2.29. The van der Waals surface area contributed by atoms with Crippen molar-refractivity contribution in [2.75, 3.05) is 26.8 Å². The molecule has 1 atom stereocenters. The maximum Gasteiger partial charge on any atom is 0.248 e. The summed E-state index contributed by atoms with van der Waals surface area (Å²) in [6.07, 6.45) is 2.23. The number of amides is 2. The fourth-order valence-corrected chi connectivity index (χ4v) is 3.94. The lowest BCUT2D eigenvalue weighted by Crippen LogP contribution is -2.44. The second-order valence-corrected chi connectivity index (χ2v) is 7.49. The summed E-state index contributed by atoms with van der Waals surface area (Å²) in [5.41, 5.74) is 1.03. The Morgan fingerprint density at radius 2 is 2.04 bits per heavy atom. The first-order valence-electron chi connectivity index (χ1n) is 8.47. The number of piperidine rings is 1. The van der Waals surface area contributed by atoms with Crippen LogP contribution < -0.4 is 5.32 Å². The molecule has 1 aromatic rings. The van der Waals surface area contributed by atoms with E-state index in [1.165, 1.54) is 12.0 Å². The van der Waals surface area contributed by atoms with E-state index in [0.717, 1.165) is 17.1 Å². The Labute approximate surface area is 147 Å². The lowest BCUT2D eigenvalue weighted by Gasteiger charge is -2.31. The molecule has 1 saturated heterocycles. The van der Waals surface area contributed by atoms with Gasteiger partial charge in [-0.1, -0.05) is 6.92 Å². The van der Waals surface area contributed by atoms with E-state index in [4.69, 9.17) is 4.74 Å². The largest absolute Gasteiger partial charge is 0.375 e. The first-order chi connectivity index (χ1) is 11.5. The Balaban J connectivity index is 1.89. The SMILES string of the molecule is CC[C@@H](NC(=O)C1CCN(C(=O)COC)CC1)c1nc(C)c(C)s1. The van der Waals surface area contributed by atoms with Gasteiger partial charge in [0, 0.05) is 31.0 Å². The van der Waals surface area contributed by atoms with Gasteiger partial charge in [-0.05, 0) is 33.1 Å². The zero-order valence-electron chi connectivity index (χ0n) is 14.9. The third kappa shape index (κ3) is 4.54. The lowest BCUT2D eigenvalue weighted by molar-refractivity contribution is -0.138. The van der Waals surface area contributed by atoms with Crippen LogP contribution in [0, 0.1) is 19.8 Å². The topological polar surface area (TPSA) is 71.5 Å². The van der Waals surface area contributed by atoms with E-state index in [1.54, 1.807) is 16.2 Å². The van der Waals surface area contributed by atoms with Crippen LogP contribution in [0.5, 0.6) is 0 Å². The van der Waals surface area contributed by atoms with Gasteiger partial charge in [0.1, 0.15) is 11.6 Å². The molecule has 0 aromatic carbocycles. The van der Waals surface area contributed by atoms with Crippen molar-refractivity contribution in [1.82, 2.24) is 15.2 Å². The third-order valence-electron chi connectivity index (χ3n) is 4.55.